The highest BCUT2D eigenvalue weighted by Crippen LogP contribution is 2.65. The molecule has 0 aliphatic heterocycles. The summed E-state index contributed by atoms with van der Waals surface area (Å²) in [7, 11) is 0. The minimum atomic E-state index is -1.69. The normalized spacial score (nSPS) is 32.6. The van der Waals surface area contributed by atoms with Crippen molar-refractivity contribution in [2.45, 2.75) is 48.7 Å². The van der Waals surface area contributed by atoms with Gasteiger partial charge in [0.15, 0.2) is 5.16 Å². The number of hydrogen-bond donors (Lipinski definition) is 4. The molecule has 1 heterocycles. The van der Waals surface area contributed by atoms with Gasteiger partial charge in [0.05, 0.1) is 5.92 Å². The van der Waals surface area contributed by atoms with E-state index < -0.39 is 41.0 Å². The van der Waals surface area contributed by atoms with E-state index in [1.54, 1.807) is 20.8 Å². The van der Waals surface area contributed by atoms with Gasteiger partial charge in [-0.3, -0.25) is 9.89 Å². The highest BCUT2D eigenvalue weighted by Gasteiger charge is 2.76. The quantitative estimate of drug-likeness (QED) is 0.581. The Hall–Kier alpha value is -2.30. The van der Waals surface area contributed by atoms with Crippen molar-refractivity contribution in [1.82, 2.24) is 20.5 Å². The average molecular weight is 384 g/mol. The molecule has 5 atom stereocenters. The summed E-state index contributed by atoms with van der Waals surface area (Å²) >= 11 is 1.24. The van der Waals surface area contributed by atoms with Crippen LogP contribution in [0.15, 0.2) is 11.5 Å². The van der Waals surface area contributed by atoms with E-state index in [0.717, 1.165) is 0 Å². The first-order chi connectivity index (χ1) is 12.0. The third kappa shape index (κ3) is 3.22. The van der Waals surface area contributed by atoms with Gasteiger partial charge >= 0.3 is 18.0 Å². The lowest BCUT2D eigenvalue weighted by molar-refractivity contribution is -0.147. The zero-order valence-electron chi connectivity index (χ0n) is 14.4. The molecule has 0 unspecified atom stereocenters. The monoisotopic (exact) mass is 384 g/mol. The number of nitrogens with zero attached hydrogens (tertiary/aromatic N) is 2. The molecule has 0 aromatic carbocycles. The van der Waals surface area contributed by atoms with Crippen LogP contribution in [-0.2, 0) is 14.3 Å². The number of ether oxygens (including phenoxy) is 1. The minimum Gasteiger partial charge on any atom is -0.481 e. The number of carbonyl (C=O) groups is 3. The molecule has 26 heavy (non-hydrogen) atoms. The predicted octanol–water partition coefficient (Wildman–Crippen LogP) is 0.964. The minimum absolute atomic E-state index is 0.0755. The van der Waals surface area contributed by atoms with E-state index in [0.29, 0.717) is 5.16 Å². The van der Waals surface area contributed by atoms with Crippen molar-refractivity contribution in [2.24, 2.45) is 17.8 Å². The Balaban J connectivity index is 1.85. The molecular weight excluding hydrogens is 364 g/mol. The van der Waals surface area contributed by atoms with Crippen LogP contribution in [0, 0.1) is 17.8 Å². The van der Waals surface area contributed by atoms with Crippen LogP contribution >= 0.6 is 11.8 Å². The molecular formula is C15H20N4O6S. The number of fused-ring (bicyclic) bond motifs is 1. The number of carboxylic acids is 2. The number of nitrogens with one attached hydrogen (secondary N) is 2. The summed E-state index contributed by atoms with van der Waals surface area (Å²) in [6.07, 6.45) is 0.520. The summed E-state index contributed by atoms with van der Waals surface area (Å²) in [5.74, 6) is -4.25. The Morgan fingerprint density at radius 2 is 2.08 bits per heavy atom. The molecule has 1 amide bonds. The molecule has 0 saturated heterocycles. The number of alkyl carbamates (subject to hydrolysis) is 1. The maximum atomic E-state index is 12.2. The number of rotatable bonds is 5. The van der Waals surface area contributed by atoms with Gasteiger partial charge in [-0.2, -0.15) is 5.10 Å². The number of carbonyl (C=O) groups excluding carboxylic acids is 1. The number of aromatic nitrogens is 3. The molecule has 0 radical (unpaired) electrons. The van der Waals surface area contributed by atoms with Crippen molar-refractivity contribution in [3.63, 3.8) is 0 Å². The second kappa shape index (κ2) is 6.15. The fourth-order valence-electron chi connectivity index (χ4n) is 3.76. The topological polar surface area (TPSA) is 154 Å². The third-order valence-corrected chi connectivity index (χ3v) is 5.85. The maximum Gasteiger partial charge on any atom is 0.408 e. The smallest absolute Gasteiger partial charge is 0.408 e. The van der Waals surface area contributed by atoms with Gasteiger partial charge in [0.1, 0.15) is 17.5 Å². The Bertz CT molecular complexity index is 733. The highest BCUT2D eigenvalue weighted by atomic mass is 32.2. The summed E-state index contributed by atoms with van der Waals surface area (Å²) in [4.78, 5) is 39.8. The number of aromatic amines is 1. The van der Waals surface area contributed by atoms with Crippen LogP contribution in [0.1, 0.15) is 27.2 Å². The van der Waals surface area contributed by atoms with Crippen molar-refractivity contribution >= 4 is 29.8 Å². The molecule has 1 aromatic heterocycles. The standard InChI is InChI=1S/C15H20N4O6S/c1-14(2,3)25-13(24)18-15(11(22)23)4-6(26-12-16-5-17-19-12)7-8(9(7)15)10(20)21/h5-9H,4H2,1-3H3,(H,18,24)(H,20,21)(H,22,23)(H,16,17,19)/t6-,7+,8+,9+,15+/m1/s1. The lowest BCUT2D eigenvalue weighted by atomic mass is 9.90. The van der Waals surface area contributed by atoms with Crippen molar-refractivity contribution in [2.75, 3.05) is 0 Å². The first-order valence-electron chi connectivity index (χ1n) is 8.04. The predicted molar refractivity (Wildman–Crippen MR) is 88.5 cm³/mol. The molecule has 0 spiro atoms. The summed E-state index contributed by atoms with van der Waals surface area (Å²) < 4.78 is 5.18. The number of hydrogen-bond acceptors (Lipinski definition) is 7. The molecule has 2 saturated carbocycles. The van der Waals surface area contributed by atoms with E-state index >= 15 is 0 Å². The molecule has 1 aromatic rings. The van der Waals surface area contributed by atoms with Crippen molar-refractivity contribution in [3.8, 4) is 0 Å². The second-order valence-electron chi connectivity index (χ2n) is 7.52. The van der Waals surface area contributed by atoms with Crippen LogP contribution < -0.4 is 5.32 Å². The summed E-state index contributed by atoms with van der Waals surface area (Å²) in [5, 5.41) is 28.3. The Morgan fingerprint density at radius 1 is 1.38 bits per heavy atom. The van der Waals surface area contributed by atoms with E-state index in [1.807, 2.05) is 0 Å². The van der Waals surface area contributed by atoms with Gasteiger partial charge in [0, 0.05) is 11.2 Å². The Kier molecular flexibility index (Phi) is 4.37. The molecule has 142 valence electrons. The third-order valence-electron chi connectivity index (χ3n) is 4.64. The second-order valence-corrected chi connectivity index (χ2v) is 8.75. The van der Waals surface area contributed by atoms with Crippen molar-refractivity contribution < 1.29 is 29.3 Å². The number of thioether (sulfide) groups is 1. The molecule has 3 rings (SSSR count). The van der Waals surface area contributed by atoms with Gasteiger partial charge in [0.25, 0.3) is 0 Å². The summed E-state index contributed by atoms with van der Waals surface area (Å²) in [6, 6.07) is 0. The van der Waals surface area contributed by atoms with Crippen LogP contribution in [-0.4, -0.2) is 59.8 Å². The number of amides is 1. The molecule has 2 aliphatic rings. The fraction of sp³-hybridized carbons (Fsp3) is 0.667. The van der Waals surface area contributed by atoms with E-state index in [2.05, 4.69) is 20.5 Å². The van der Waals surface area contributed by atoms with Gasteiger partial charge in [0.2, 0.25) is 0 Å². The molecule has 11 heteroatoms. The van der Waals surface area contributed by atoms with Crippen LogP contribution in [0.2, 0.25) is 0 Å². The lowest BCUT2D eigenvalue weighted by Crippen LogP contribution is -2.57. The first kappa shape index (κ1) is 18.5. The van der Waals surface area contributed by atoms with E-state index in [-0.39, 0.29) is 17.6 Å². The van der Waals surface area contributed by atoms with Crippen LogP contribution in [0.4, 0.5) is 4.79 Å². The van der Waals surface area contributed by atoms with Crippen LogP contribution in [0.3, 0.4) is 0 Å². The van der Waals surface area contributed by atoms with Gasteiger partial charge in [-0.1, -0.05) is 11.8 Å². The van der Waals surface area contributed by atoms with E-state index in [9.17, 15) is 24.6 Å². The van der Waals surface area contributed by atoms with Gasteiger partial charge < -0.3 is 20.3 Å². The van der Waals surface area contributed by atoms with Gasteiger partial charge in [-0.05, 0) is 33.1 Å². The molecule has 4 N–H and O–H groups in total. The van der Waals surface area contributed by atoms with Crippen LogP contribution in [0.5, 0.6) is 0 Å². The summed E-state index contributed by atoms with van der Waals surface area (Å²) in [5.41, 5.74) is -2.49. The van der Waals surface area contributed by atoms with Gasteiger partial charge in [-0.15, -0.1) is 0 Å². The maximum absolute atomic E-state index is 12.2. The first-order valence-corrected chi connectivity index (χ1v) is 8.92. The zero-order valence-corrected chi connectivity index (χ0v) is 15.2. The van der Waals surface area contributed by atoms with Crippen LogP contribution in [0.25, 0.3) is 0 Å². The lowest BCUT2D eigenvalue weighted by Gasteiger charge is -2.31. The Morgan fingerprint density at radius 3 is 2.58 bits per heavy atom. The molecule has 10 nitrogen and oxygen atoms in total. The van der Waals surface area contributed by atoms with E-state index in [1.165, 1.54) is 18.1 Å². The molecule has 0 bridgehead atoms. The van der Waals surface area contributed by atoms with Crippen molar-refractivity contribution in [3.05, 3.63) is 6.33 Å². The molecule has 2 fully saturated rings. The van der Waals surface area contributed by atoms with Gasteiger partial charge in [-0.25, -0.2) is 14.6 Å². The number of H-pyrrole nitrogens is 1. The fourth-order valence-corrected chi connectivity index (χ4v) is 5.10. The molecule has 2 aliphatic carbocycles. The average Bonchev–Trinajstić information content (AvgIpc) is 2.89. The largest absolute Gasteiger partial charge is 0.481 e. The highest BCUT2D eigenvalue weighted by molar-refractivity contribution is 7.99. The van der Waals surface area contributed by atoms with E-state index in [4.69, 9.17) is 4.74 Å². The van der Waals surface area contributed by atoms with Crippen molar-refractivity contribution in [1.29, 1.82) is 0 Å². The summed E-state index contributed by atoms with van der Waals surface area (Å²) in [6.45, 7) is 4.99. The number of carboxylic acid groups (broad SMARTS) is 2. The SMILES string of the molecule is CC(C)(C)OC(=O)N[C@@]1(C(=O)O)C[C@@H](Sc2ncn[nH]2)[C@H]2[C@H](C(=O)O)[C@H]21. The Labute approximate surface area is 153 Å². The zero-order chi connectivity index (χ0) is 19.3. The number of aliphatic carboxylic acids is 2.